The minimum absolute atomic E-state index is 0.0653. The zero-order valence-electron chi connectivity index (χ0n) is 16.3. The first-order valence-corrected chi connectivity index (χ1v) is 10.7. The molecule has 27 heavy (non-hydrogen) atoms. The summed E-state index contributed by atoms with van der Waals surface area (Å²) in [7, 11) is 0. The molecule has 1 aromatic carbocycles. The van der Waals surface area contributed by atoms with Gasteiger partial charge in [-0.1, -0.05) is 32.4 Å². The van der Waals surface area contributed by atoms with Crippen LogP contribution in [0.3, 0.4) is 0 Å². The Balaban J connectivity index is 1.50. The van der Waals surface area contributed by atoms with E-state index in [0.717, 1.165) is 49.7 Å². The fourth-order valence-corrected chi connectivity index (χ4v) is 4.51. The number of piperazine rings is 1. The third kappa shape index (κ3) is 5.62. The molecule has 0 aromatic heterocycles. The van der Waals surface area contributed by atoms with Crippen molar-refractivity contribution in [1.29, 1.82) is 0 Å². The summed E-state index contributed by atoms with van der Waals surface area (Å²) in [5.74, 6) is -0.0533. The fourth-order valence-electron chi connectivity index (χ4n) is 3.26. The lowest BCUT2D eigenvalue weighted by Crippen LogP contribution is -2.50. The molecule has 3 rings (SSSR count). The molecule has 0 radical (unpaired) electrons. The molecule has 0 spiro atoms. The van der Waals surface area contributed by atoms with E-state index in [2.05, 4.69) is 31.0 Å². The van der Waals surface area contributed by atoms with Crippen LogP contribution in [0, 0.1) is 5.41 Å². The van der Waals surface area contributed by atoms with Gasteiger partial charge in [-0.3, -0.25) is 14.5 Å². The molecule has 2 aliphatic rings. The number of nitrogens with one attached hydrogen (secondary N) is 1. The maximum Gasteiger partial charge on any atom is 0.238 e. The number of hydrogen-bond donors (Lipinski definition) is 1. The average Bonchev–Trinajstić information content (AvgIpc) is 2.60. The number of amides is 2. The molecule has 1 atom stereocenters. The first-order chi connectivity index (χ1) is 12.7. The molecule has 1 aromatic rings. The Morgan fingerprint density at radius 1 is 1.26 bits per heavy atom. The van der Waals surface area contributed by atoms with Crippen LogP contribution in [0.1, 0.15) is 33.6 Å². The minimum Gasteiger partial charge on any atom is -0.340 e. The highest BCUT2D eigenvalue weighted by molar-refractivity contribution is 8.01. The van der Waals surface area contributed by atoms with Gasteiger partial charge in [0.25, 0.3) is 0 Å². The van der Waals surface area contributed by atoms with Gasteiger partial charge in [0.05, 0.1) is 10.9 Å². The number of nitrogens with zero attached hydrogens (tertiary/aromatic N) is 2. The molecule has 0 bridgehead atoms. The Morgan fingerprint density at radius 3 is 2.63 bits per heavy atom. The largest absolute Gasteiger partial charge is 0.340 e. The lowest BCUT2D eigenvalue weighted by molar-refractivity contribution is -0.134. The van der Waals surface area contributed by atoms with E-state index in [1.807, 2.05) is 11.0 Å². The Labute approximate surface area is 170 Å². The highest BCUT2D eigenvalue weighted by Gasteiger charge is 2.31. The SMILES string of the molecule is CC(C)(C)CCN1CCN(C(=O)CC2Sc3ccc(Cl)cc3NC2=O)CC1. The van der Waals surface area contributed by atoms with Gasteiger partial charge in [-0.25, -0.2) is 0 Å². The summed E-state index contributed by atoms with van der Waals surface area (Å²) in [6.07, 6.45) is 1.39. The minimum atomic E-state index is -0.384. The fraction of sp³-hybridized carbons (Fsp3) is 0.600. The van der Waals surface area contributed by atoms with Gasteiger partial charge in [-0.2, -0.15) is 0 Å². The first kappa shape index (κ1) is 20.5. The van der Waals surface area contributed by atoms with E-state index in [0.29, 0.717) is 10.4 Å². The molecule has 1 fully saturated rings. The van der Waals surface area contributed by atoms with E-state index in [9.17, 15) is 9.59 Å². The molecular formula is C20H28ClN3O2S. The number of halogens is 1. The van der Waals surface area contributed by atoms with Crippen LogP contribution in [-0.2, 0) is 9.59 Å². The van der Waals surface area contributed by atoms with Crippen molar-refractivity contribution in [3.8, 4) is 0 Å². The summed E-state index contributed by atoms with van der Waals surface area (Å²) >= 11 is 7.43. The number of carbonyl (C=O) groups excluding carboxylic acids is 2. The van der Waals surface area contributed by atoms with E-state index in [-0.39, 0.29) is 23.5 Å². The Hall–Kier alpha value is -1.24. The Bertz CT molecular complexity index is 712. The summed E-state index contributed by atoms with van der Waals surface area (Å²) in [5.41, 5.74) is 1.06. The first-order valence-electron chi connectivity index (χ1n) is 9.48. The van der Waals surface area contributed by atoms with Crippen LogP contribution in [0.15, 0.2) is 23.1 Å². The highest BCUT2D eigenvalue weighted by atomic mass is 35.5. The monoisotopic (exact) mass is 409 g/mol. The summed E-state index contributed by atoms with van der Waals surface area (Å²) in [6.45, 7) is 11.2. The second-order valence-electron chi connectivity index (χ2n) is 8.47. The second kappa shape index (κ2) is 8.41. The van der Waals surface area contributed by atoms with E-state index in [1.54, 1.807) is 12.1 Å². The van der Waals surface area contributed by atoms with Gasteiger partial charge in [0, 0.05) is 42.5 Å². The second-order valence-corrected chi connectivity index (χ2v) is 10.2. The molecule has 1 saturated heterocycles. The van der Waals surface area contributed by atoms with Crippen molar-refractivity contribution < 1.29 is 9.59 Å². The highest BCUT2D eigenvalue weighted by Crippen LogP contribution is 2.38. The zero-order chi connectivity index (χ0) is 19.6. The van der Waals surface area contributed by atoms with E-state index in [4.69, 9.17) is 11.6 Å². The van der Waals surface area contributed by atoms with Crippen LogP contribution in [0.4, 0.5) is 5.69 Å². The maximum absolute atomic E-state index is 12.7. The normalized spacial score (nSPS) is 21.0. The van der Waals surface area contributed by atoms with E-state index in [1.165, 1.54) is 11.8 Å². The summed E-state index contributed by atoms with van der Waals surface area (Å²) in [4.78, 5) is 30.3. The predicted molar refractivity (Wildman–Crippen MR) is 111 cm³/mol. The van der Waals surface area contributed by atoms with Crippen molar-refractivity contribution in [2.45, 2.75) is 43.8 Å². The standard InChI is InChI=1S/C20H28ClN3O2S/c1-20(2,3)6-7-23-8-10-24(11-9-23)18(25)13-17-19(26)22-15-12-14(21)4-5-16(15)27-17/h4-5,12,17H,6-11,13H2,1-3H3,(H,22,26). The molecular weight excluding hydrogens is 382 g/mol. The summed E-state index contributed by atoms with van der Waals surface area (Å²) in [6, 6.07) is 5.45. The lowest BCUT2D eigenvalue weighted by Gasteiger charge is -2.36. The van der Waals surface area contributed by atoms with Crippen LogP contribution >= 0.6 is 23.4 Å². The molecule has 2 amide bonds. The van der Waals surface area contributed by atoms with Crippen molar-refractivity contribution in [2.75, 3.05) is 38.0 Å². The zero-order valence-corrected chi connectivity index (χ0v) is 17.8. The number of rotatable bonds is 4. The third-order valence-electron chi connectivity index (χ3n) is 5.02. The average molecular weight is 410 g/mol. The van der Waals surface area contributed by atoms with E-state index < -0.39 is 0 Å². The number of anilines is 1. The Kier molecular flexibility index (Phi) is 6.39. The van der Waals surface area contributed by atoms with Crippen molar-refractivity contribution in [3.63, 3.8) is 0 Å². The van der Waals surface area contributed by atoms with Gasteiger partial charge in [0.15, 0.2) is 0 Å². The molecule has 0 aliphatic carbocycles. The van der Waals surface area contributed by atoms with Crippen LogP contribution in [0.5, 0.6) is 0 Å². The van der Waals surface area contributed by atoms with Crippen LogP contribution in [-0.4, -0.2) is 59.6 Å². The topological polar surface area (TPSA) is 52.6 Å². The smallest absolute Gasteiger partial charge is 0.238 e. The Morgan fingerprint density at radius 2 is 1.96 bits per heavy atom. The van der Waals surface area contributed by atoms with Crippen LogP contribution < -0.4 is 5.32 Å². The van der Waals surface area contributed by atoms with Gasteiger partial charge in [0.1, 0.15) is 0 Å². The molecule has 2 aliphatic heterocycles. The van der Waals surface area contributed by atoms with Gasteiger partial charge in [-0.05, 0) is 36.6 Å². The van der Waals surface area contributed by atoms with Crippen molar-refractivity contribution in [3.05, 3.63) is 23.2 Å². The number of hydrogen-bond acceptors (Lipinski definition) is 4. The number of fused-ring (bicyclic) bond motifs is 1. The van der Waals surface area contributed by atoms with Gasteiger partial charge < -0.3 is 10.2 Å². The van der Waals surface area contributed by atoms with Gasteiger partial charge in [-0.15, -0.1) is 11.8 Å². The summed E-state index contributed by atoms with van der Waals surface area (Å²) < 4.78 is 0. The third-order valence-corrected chi connectivity index (χ3v) is 6.53. The molecule has 1 unspecified atom stereocenters. The number of carbonyl (C=O) groups is 2. The molecule has 1 N–H and O–H groups in total. The van der Waals surface area contributed by atoms with Crippen molar-refractivity contribution in [2.24, 2.45) is 5.41 Å². The van der Waals surface area contributed by atoms with Gasteiger partial charge in [0.2, 0.25) is 11.8 Å². The quantitative estimate of drug-likeness (QED) is 0.823. The number of benzene rings is 1. The van der Waals surface area contributed by atoms with E-state index >= 15 is 0 Å². The van der Waals surface area contributed by atoms with Gasteiger partial charge >= 0.3 is 0 Å². The summed E-state index contributed by atoms with van der Waals surface area (Å²) in [5, 5.41) is 3.08. The van der Waals surface area contributed by atoms with Crippen molar-refractivity contribution in [1.82, 2.24) is 9.80 Å². The maximum atomic E-state index is 12.7. The number of thioether (sulfide) groups is 1. The van der Waals surface area contributed by atoms with Crippen molar-refractivity contribution >= 4 is 40.9 Å². The molecule has 7 heteroatoms. The van der Waals surface area contributed by atoms with Crippen LogP contribution in [0.2, 0.25) is 5.02 Å². The molecule has 2 heterocycles. The lowest BCUT2D eigenvalue weighted by atomic mass is 9.92. The predicted octanol–water partition coefficient (Wildman–Crippen LogP) is 3.72. The molecule has 0 saturated carbocycles. The van der Waals surface area contributed by atoms with Crippen LogP contribution in [0.25, 0.3) is 0 Å². The molecule has 5 nitrogen and oxygen atoms in total. The molecule has 148 valence electrons.